The number of amides is 1. The van der Waals surface area contributed by atoms with Gasteiger partial charge in [0.1, 0.15) is 5.58 Å². The highest BCUT2D eigenvalue weighted by Gasteiger charge is 2.14. The second kappa shape index (κ2) is 8.19. The third-order valence-electron chi connectivity index (χ3n) is 4.03. The van der Waals surface area contributed by atoms with Crippen molar-refractivity contribution in [2.24, 2.45) is 0 Å². The molecule has 0 unspecified atom stereocenters. The molecule has 0 aliphatic carbocycles. The molecule has 0 spiro atoms. The molecule has 5 heteroatoms. The number of esters is 1. The fourth-order valence-corrected chi connectivity index (χ4v) is 2.86. The number of carbonyl (C=O) groups is 2. The lowest BCUT2D eigenvalue weighted by atomic mass is 9.95. The molecule has 5 nitrogen and oxygen atoms in total. The molecule has 0 radical (unpaired) electrons. The molecule has 0 atom stereocenters. The lowest BCUT2D eigenvalue weighted by Gasteiger charge is -2.10. The average molecular weight is 345 g/mol. The van der Waals surface area contributed by atoms with Gasteiger partial charge in [-0.1, -0.05) is 13.8 Å². The van der Waals surface area contributed by atoms with Gasteiger partial charge >= 0.3 is 5.97 Å². The zero-order valence-corrected chi connectivity index (χ0v) is 15.6. The summed E-state index contributed by atoms with van der Waals surface area (Å²) in [4.78, 5) is 23.6. The zero-order chi connectivity index (χ0) is 18.6. The van der Waals surface area contributed by atoms with Crippen LogP contribution in [-0.2, 0) is 20.7 Å². The van der Waals surface area contributed by atoms with Crippen LogP contribution in [0.2, 0.25) is 0 Å². The summed E-state index contributed by atoms with van der Waals surface area (Å²) in [6.45, 7) is 10.2. The maximum absolute atomic E-state index is 12.1. The monoisotopic (exact) mass is 345 g/mol. The van der Waals surface area contributed by atoms with Gasteiger partial charge in [-0.2, -0.15) is 0 Å². The molecule has 1 aromatic heterocycles. The van der Waals surface area contributed by atoms with E-state index in [1.165, 1.54) is 11.1 Å². The highest BCUT2D eigenvalue weighted by atomic mass is 16.5. The molecule has 2 rings (SSSR count). The Morgan fingerprint density at radius 1 is 1.20 bits per heavy atom. The standard InChI is InChI=1S/C20H27NO4/c1-12(2)16-10-17-15(11-24-18(17)8-14(16)5)9-19(22)21-7-6-20(23)25-13(3)4/h8,10-13H,6-7,9H2,1-5H3,(H,21,22). The van der Waals surface area contributed by atoms with E-state index in [9.17, 15) is 9.59 Å². The SMILES string of the molecule is Cc1cc2occ(CC(=O)NCCC(=O)OC(C)C)c2cc1C(C)C. The molecule has 1 amide bonds. The van der Waals surface area contributed by atoms with E-state index in [1.807, 2.05) is 6.07 Å². The van der Waals surface area contributed by atoms with Gasteiger partial charge in [0, 0.05) is 17.5 Å². The van der Waals surface area contributed by atoms with Crippen LogP contribution in [0.15, 0.2) is 22.8 Å². The van der Waals surface area contributed by atoms with Crippen molar-refractivity contribution in [1.82, 2.24) is 5.32 Å². The van der Waals surface area contributed by atoms with Crippen LogP contribution in [0.3, 0.4) is 0 Å². The first-order valence-electron chi connectivity index (χ1n) is 8.74. The zero-order valence-electron chi connectivity index (χ0n) is 15.6. The summed E-state index contributed by atoms with van der Waals surface area (Å²) in [6, 6.07) is 4.13. The second-order valence-corrected chi connectivity index (χ2v) is 6.94. The first kappa shape index (κ1) is 19.0. The normalized spacial score (nSPS) is 11.3. The van der Waals surface area contributed by atoms with E-state index in [4.69, 9.17) is 9.15 Å². The van der Waals surface area contributed by atoms with E-state index >= 15 is 0 Å². The highest BCUT2D eigenvalue weighted by molar-refractivity contribution is 5.88. The molecule has 25 heavy (non-hydrogen) atoms. The molecule has 0 saturated carbocycles. The van der Waals surface area contributed by atoms with Gasteiger partial charge in [-0.05, 0) is 49.9 Å². The summed E-state index contributed by atoms with van der Waals surface area (Å²) >= 11 is 0. The summed E-state index contributed by atoms with van der Waals surface area (Å²) in [6.07, 6.45) is 1.90. The van der Waals surface area contributed by atoms with Crippen molar-refractivity contribution in [3.05, 3.63) is 35.1 Å². The van der Waals surface area contributed by atoms with Gasteiger partial charge in [-0.15, -0.1) is 0 Å². The molecule has 0 fully saturated rings. The van der Waals surface area contributed by atoms with E-state index in [1.54, 1.807) is 20.1 Å². The molecule has 0 aliphatic heterocycles. The summed E-state index contributed by atoms with van der Waals surface area (Å²) < 4.78 is 10.6. The number of fused-ring (bicyclic) bond motifs is 1. The van der Waals surface area contributed by atoms with Gasteiger partial charge in [-0.3, -0.25) is 9.59 Å². The number of furan rings is 1. The van der Waals surface area contributed by atoms with Gasteiger partial charge in [0.15, 0.2) is 0 Å². The average Bonchev–Trinajstić information content (AvgIpc) is 2.87. The fourth-order valence-electron chi connectivity index (χ4n) is 2.86. The Hall–Kier alpha value is -2.30. The number of rotatable bonds is 7. The van der Waals surface area contributed by atoms with Crippen LogP contribution in [-0.4, -0.2) is 24.5 Å². The van der Waals surface area contributed by atoms with Crippen molar-refractivity contribution in [3.63, 3.8) is 0 Å². The first-order chi connectivity index (χ1) is 11.8. The number of hydrogen-bond acceptors (Lipinski definition) is 4. The summed E-state index contributed by atoms with van der Waals surface area (Å²) in [5.41, 5.74) is 4.10. The number of hydrogen-bond donors (Lipinski definition) is 1. The third-order valence-corrected chi connectivity index (χ3v) is 4.03. The van der Waals surface area contributed by atoms with Gasteiger partial charge in [-0.25, -0.2) is 0 Å². The number of benzene rings is 1. The molecule has 136 valence electrons. The van der Waals surface area contributed by atoms with Crippen LogP contribution in [0.5, 0.6) is 0 Å². The second-order valence-electron chi connectivity index (χ2n) is 6.94. The van der Waals surface area contributed by atoms with Gasteiger partial charge in [0.2, 0.25) is 5.91 Å². The third kappa shape index (κ3) is 5.08. The maximum Gasteiger partial charge on any atom is 0.307 e. The Kier molecular flexibility index (Phi) is 6.23. The van der Waals surface area contributed by atoms with Crippen molar-refractivity contribution < 1.29 is 18.7 Å². The first-order valence-corrected chi connectivity index (χ1v) is 8.74. The molecular weight excluding hydrogens is 318 g/mol. The summed E-state index contributed by atoms with van der Waals surface area (Å²) in [5.74, 6) is -0.0271. The van der Waals surface area contributed by atoms with E-state index in [-0.39, 0.29) is 37.4 Å². The smallest absolute Gasteiger partial charge is 0.307 e. The Bertz CT molecular complexity index is 758. The minimum Gasteiger partial charge on any atom is -0.464 e. The fraction of sp³-hybridized carbons (Fsp3) is 0.500. The van der Waals surface area contributed by atoms with Crippen molar-refractivity contribution >= 4 is 22.8 Å². The van der Waals surface area contributed by atoms with Gasteiger partial charge < -0.3 is 14.5 Å². The van der Waals surface area contributed by atoms with Crippen LogP contribution >= 0.6 is 0 Å². The summed E-state index contributed by atoms with van der Waals surface area (Å²) in [5, 5.41) is 3.73. The predicted octanol–water partition coefficient (Wildman–Crippen LogP) is 3.87. The Morgan fingerprint density at radius 3 is 2.56 bits per heavy atom. The number of ether oxygens (including phenoxy) is 1. The molecule has 1 aromatic carbocycles. The molecule has 0 bridgehead atoms. The topological polar surface area (TPSA) is 68.5 Å². The molecule has 1 heterocycles. The van der Waals surface area contributed by atoms with E-state index in [2.05, 4.69) is 32.2 Å². The lowest BCUT2D eigenvalue weighted by Crippen LogP contribution is -2.28. The van der Waals surface area contributed by atoms with Crippen molar-refractivity contribution in [1.29, 1.82) is 0 Å². The van der Waals surface area contributed by atoms with Crippen LogP contribution in [0.4, 0.5) is 0 Å². The summed E-state index contributed by atoms with van der Waals surface area (Å²) in [7, 11) is 0. The Morgan fingerprint density at radius 2 is 1.92 bits per heavy atom. The molecule has 2 aromatic rings. The van der Waals surface area contributed by atoms with Crippen LogP contribution in [0.1, 0.15) is 56.7 Å². The van der Waals surface area contributed by atoms with Crippen molar-refractivity contribution in [2.75, 3.05) is 6.54 Å². The van der Waals surface area contributed by atoms with Crippen molar-refractivity contribution in [2.45, 2.75) is 59.5 Å². The van der Waals surface area contributed by atoms with Gasteiger partial charge in [0.25, 0.3) is 0 Å². The quantitative estimate of drug-likeness (QED) is 0.774. The highest BCUT2D eigenvalue weighted by Crippen LogP contribution is 2.29. The van der Waals surface area contributed by atoms with E-state index in [0.717, 1.165) is 16.5 Å². The largest absolute Gasteiger partial charge is 0.464 e. The number of aryl methyl sites for hydroxylation is 1. The minimum atomic E-state index is -0.305. The molecule has 0 aliphatic rings. The number of carbonyl (C=O) groups excluding carboxylic acids is 2. The van der Waals surface area contributed by atoms with Crippen LogP contribution in [0, 0.1) is 6.92 Å². The van der Waals surface area contributed by atoms with E-state index < -0.39 is 0 Å². The van der Waals surface area contributed by atoms with Crippen molar-refractivity contribution in [3.8, 4) is 0 Å². The number of nitrogens with one attached hydrogen (secondary N) is 1. The maximum atomic E-state index is 12.1. The molecule has 0 saturated heterocycles. The predicted molar refractivity (Wildman–Crippen MR) is 97.6 cm³/mol. The van der Waals surface area contributed by atoms with Crippen LogP contribution in [0.25, 0.3) is 11.0 Å². The van der Waals surface area contributed by atoms with E-state index in [0.29, 0.717) is 5.92 Å². The van der Waals surface area contributed by atoms with Gasteiger partial charge in [0.05, 0.1) is 25.2 Å². The Labute approximate surface area is 148 Å². The molecule has 1 N–H and O–H groups in total. The Balaban J connectivity index is 1.99. The van der Waals surface area contributed by atoms with Crippen LogP contribution < -0.4 is 5.32 Å². The minimum absolute atomic E-state index is 0.133. The molecular formula is C20H27NO4. The lowest BCUT2D eigenvalue weighted by molar-refractivity contribution is -0.147.